The van der Waals surface area contributed by atoms with Crippen molar-refractivity contribution < 1.29 is 63.9 Å². The lowest BCUT2D eigenvalue weighted by Crippen LogP contribution is -2.63. The Bertz CT molecular complexity index is 1080. The summed E-state index contributed by atoms with van der Waals surface area (Å²) >= 11 is 0. The minimum Gasteiger partial charge on any atom is -0.463 e. The maximum Gasteiger partial charge on any atom is 0.305 e. The number of rotatable bonds is 39. The zero-order valence-electron chi connectivity index (χ0n) is 38.4. The summed E-state index contributed by atoms with van der Waals surface area (Å²) in [5.41, 5.74) is 0. The van der Waals surface area contributed by atoms with Crippen molar-refractivity contribution in [3.8, 4) is 0 Å². The second-order valence-corrected chi connectivity index (χ2v) is 18.0. The van der Waals surface area contributed by atoms with Gasteiger partial charge in [-0.1, -0.05) is 194 Å². The highest BCUT2D eigenvalue weighted by atomic mass is 16.8. The number of unbranched alkanes of at least 4 members (excludes halogenated alkanes) is 28. The first-order chi connectivity index (χ1) is 29.6. The van der Waals surface area contributed by atoms with Crippen molar-refractivity contribution in [2.24, 2.45) is 0 Å². The quantitative estimate of drug-likeness (QED) is 0.0255. The van der Waals surface area contributed by atoms with Crippen LogP contribution in [-0.4, -0.2) is 117 Å². The smallest absolute Gasteiger partial charge is 0.305 e. The molecule has 0 aromatic heterocycles. The maximum atomic E-state index is 12.8. The number of aliphatic hydroxyl groups excluding tert-OH is 6. The van der Waals surface area contributed by atoms with Crippen LogP contribution in [0.3, 0.4) is 0 Å². The fraction of sp³-hybridized carbons (Fsp3) is 0.958. The van der Waals surface area contributed by atoms with Crippen molar-refractivity contribution in [1.29, 1.82) is 0 Å². The summed E-state index contributed by atoms with van der Waals surface area (Å²) in [4.78, 5) is 25.3. The van der Waals surface area contributed by atoms with Gasteiger partial charge in [-0.25, -0.2) is 0 Å². The first-order valence-electron chi connectivity index (χ1n) is 24.9. The molecule has 6 N–H and O–H groups in total. The fourth-order valence-electron chi connectivity index (χ4n) is 8.39. The van der Waals surface area contributed by atoms with Crippen LogP contribution in [0.2, 0.25) is 0 Å². The third-order valence-electron chi connectivity index (χ3n) is 12.5. The molecule has 2 saturated heterocycles. The highest BCUT2D eigenvalue weighted by Crippen LogP contribution is 2.37. The third kappa shape index (κ3) is 23.4. The van der Waals surface area contributed by atoms with E-state index in [0.717, 1.165) is 38.5 Å². The van der Waals surface area contributed by atoms with Crippen LogP contribution in [0.25, 0.3) is 0 Å². The van der Waals surface area contributed by atoms with Gasteiger partial charge in [0.25, 0.3) is 0 Å². The molecule has 0 aromatic rings. The predicted molar refractivity (Wildman–Crippen MR) is 235 cm³/mol. The summed E-state index contributed by atoms with van der Waals surface area (Å²) < 4.78 is 28.1. The third-order valence-corrected chi connectivity index (χ3v) is 12.5. The van der Waals surface area contributed by atoms with Gasteiger partial charge in [0.15, 0.2) is 6.29 Å². The van der Waals surface area contributed by atoms with Gasteiger partial charge in [-0.2, -0.15) is 0 Å². The average molecular weight is 875 g/mol. The van der Waals surface area contributed by atoms with Crippen LogP contribution in [0.15, 0.2) is 0 Å². The SMILES string of the molecule is CCCCCCCCCCCCCCCCCC(=O)OC[C@H]1O[C@H](O[C@]2(COC(=O)CCCCCCCCCCCCCCCCC)O[C@H](CO)[C@@H](O)[C@@H]2O)[C@H](O)[C@@H](O)[C@@H]1O. The molecule has 0 saturated carbocycles. The van der Waals surface area contributed by atoms with E-state index < -0.39 is 86.6 Å². The number of hydrogen-bond donors (Lipinski definition) is 6. The fourth-order valence-corrected chi connectivity index (χ4v) is 8.39. The molecule has 0 radical (unpaired) electrons. The van der Waals surface area contributed by atoms with Crippen molar-refractivity contribution in [2.75, 3.05) is 19.8 Å². The number of carbonyl (C=O) groups is 2. The normalized spacial score (nSPS) is 26.5. The van der Waals surface area contributed by atoms with Gasteiger partial charge in [0, 0.05) is 12.8 Å². The predicted octanol–water partition coefficient (Wildman–Crippen LogP) is 8.23. The Hall–Kier alpha value is -1.42. The van der Waals surface area contributed by atoms with Crippen molar-refractivity contribution in [1.82, 2.24) is 0 Å². The Morgan fingerprint density at radius 2 is 0.852 bits per heavy atom. The van der Waals surface area contributed by atoms with Gasteiger partial charge in [0.2, 0.25) is 5.79 Å². The standard InChI is InChI=1S/C48H90O13/c1-3-5-7-9-11-13-15-17-19-21-23-25-27-29-31-33-40(50)57-36-39-42(52)44(54)45(55)47(59-39)61-48(46(56)43(53)38(35-49)60-48)37-58-41(51)34-32-30-28-26-24-22-20-18-16-14-12-10-8-6-4-2/h38-39,42-47,49,52-56H,3-37H2,1-2H3/t38-,39-,42-,43-,44+,45-,46+,47-,48+/m1/s1. The van der Waals surface area contributed by atoms with Gasteiger partial charge in [-0.15, -0.1) is 0 Å². The largest absolute Gasteiger partial charge is 0.463 e. The summed E-state index contributed by atoms with van der Waals surface area (Å²) in [6.07, 6.45) is 23.1. The van der Waals surface area contributed by atoms with Gasteiger partial charge >= 0.3 is 11.9 Å². The Balaban J connectivity index is 1.70. The molecule has 2 heterocycles. The van der Waals surface area contributed by atoms with Crippen LogP contribution < -0.4 is 0 Å². The monoisotopic (exact) mass is 875 g/mol. The molecule has 61 heavy (non-hydrogen) atoms. The van der Waals surface area contributed by atoms with Gasteiger partial charge in [-0.3, -0.25) is 9.59 Å². The summed E-state index contributed by atoms with van der Waals surface area (Å²) in [5.74, 6) is -3.38. The summed E-state index contributed by atoms with van der Waals surface area (Å²) in [5, 5.41) is 63.6. The Labute approximate surface area is 369 Å². The van der Waals surface area contributed by atoms with E-state index in [-0.39, 0.29) is 12.8 Å². The van der Waals surface area contributed by atoms with E-state index in [2.05, 4.69) is 13.8 Å². The minimum atomic E-state index is -2.29. The molecule has 2 fully saturated rings. The maximum absolute atomic E-state index is 12.8. The molecule has 0 spiro atoms. The van der Waals surface area contributed by atoms with E-state index in [1.54, 1.807) is 0 Å². The van der Waals surface area contributed by atoms with E-state index in [0.29, 0.717) is 12.8 Å². The molecule has 13 nitrogen and oxygen atoms in total. The summed E-state index contributed by atoms with van der Waals surface area (Å²) in [7, 11) is 0. The molecule has 2 aliphatic heterocycles. The zero-order valence-corrected chi connectivity index (χ0v) is 38.4. The summed E-state index contributed by atoms with van der Waals surface area (Å²) in [6, 6.07) is 0. The molecular weight excluding hydrogens is 785 g/mol. The molecule has 0 aromatic carbocycles. The number of carbonyl (C=O) groups excluding carboxylic acids is 2. The van der Waals surface area contributed by atoms with Gasteiger partial charge < -0.3 is 54.3 Å². The number of ether oxygens (including phenoxy) is 5. The lowest BCUT2D eigenvalue weighted by atomic mass is 9.99. The number of hydrogen-bond acceptors (Lipinski definition) is 13. The molecule has 9 atom stereocenters. The Morgan fingerprint density at radius 3 is 1.23 bits per heavy atom. The molecule has 0 aliphatic carbocycles. The van der Waals surface area contributed by atoms with Gasteiger partial charge in [0.1, 0.15) is 55.9 Å². The van der Waals surface area contributed by atoms with E-state index in [1.807, 2.05) is 0 Å². The second kappa shape index (κ2) is 34.9. The number of esters is 2. The highest BCUT2D eigenvalue weighted by molar-refractivity contribution is 5.69. The molecule has 0 unspecified atom stereocenters. The molecule has 13 heteroatoms. The van der Waals surface area contributed by atoms with Crippen LogP contribution in [0.4, 0.5) is 0 Å². The van der Waals surface area contributed by atoms with Crippen molar-refractivity contribution in [3.05, 3.63) is 0 Å². The van der Waals surface area contributed by atoms with Crippen LogP contribution in [0.1, 0.15) is 219 Å². The summed E-state index contributed by atoms with van der Waals surface area (Å²) in [6.45, 7) is 2.61. The van der Waals surface area contributed by atoms with Crippen LogP contribution in [0.5, 0.6) is 0 Å². The topological polar surface area (TPSA) is 202 Å². The molecule has 0 bridgehead atoms. The number of aliphatic hydroxyl groups is 6. The lowest BCUT2D eigenvalue weighted by Gasteiger charge is -2.43. The Morgan fingerprint density at radius 1 is 0.475 bits per heavy atom. The van der Waals surface area contributed by atoms with E-state index in [4.69, 9.17) is 23.7 Å². The average Bonchev–Trinajstić information content (AvgIpc) is 3.49. The van der Waals surface area contributed by atoms with E-state index in [1.165, 1.54) is 141 Å². The molecule has 360 valence electrons. The van der Waals surface area contributed by atoms with E-state index in [9.17, 15) is 40.2 Å². The van der Waals surface area contributed by atoms with Crippen molar-refractivity contribution in [2.45, 2.75) is 274 Å². The first-order valence-corrected chi connectivity index (χ1v) is 24.9. The first kappa shape index (κ1) is 55.7. The lowest BCUT2D eigenvalue weighted by molar-refractivity contribution is -0.383. The zero-order chi connectivity index (χ0) is 44.6. The van der Waals surface area contributed by atoms with Crippen LogP contribution >= 0.6 is 0 Å². The van der Waals surface area contributed by atoms with Crippen LogP contribution in [-0.2, 0) is 33.3 Å². The van der Waals surface area contributed by atoms with Crippen molar-refractivity contribution in [3.63, 3.8) is 0 Å². The highest BCUT2D eigenvalue weighted by Gasteiger charge is 2.59. The molecule has 2 aliphatic rings. The minimum absolute atomic E-state index is 0.108. The van der Waals surface area contributed by atoms with Gasteiger partial charge in [-0.05, 0) is 12.8 Å². The van der Waals surface area contributed by atoms with Crippen LogP contribution in [0, 0.1) is 0 Å². The Kier molecular flexibility index (Phi) is 31.9. The second-order valence-electron chi connectivity index (χ2n) is 18.0. The van der Waals surface area contributed by atoms with Gasteiger partial charge in [0.05, 0.1) is 6.61 Å². The van der Waals surface area contributed by atoms with Crippen molar-refractivity contribution >= 4 is 11.9 Å². The molecular formula is C48H90O13. The molecule has 2 rings (SSSR count). The molecule has 0 amide bonds. The van der Waals surface area contributed by atoms with E-state index >= 15 is 0 Å².